The third-order valence-electron chi connectivity index (χ3n) is 6.96. The molecule has 3 aromatic rings. The number of pyridine rings is 1. The van der Waals surface area contributed by atoms with Gasteiger partial charge in [-0.3, -0.25) is 0 Å². The zero-order valence-corrected chi connectivity index (χ0v) is 23.4. The van der Waals surface area contributed by atoms with Gasteiger partial charge in [0.1, 0.15) is 17.0 Å². The van der Waals surface area contributed by atoms with Gasteiger partial charge in [-0.25, -0.2) is 24.4 Å². The Balaban J connectivity index is 1.45. The Kier molecular flexibility index (Phi) is 7.74. The summed E-state index contributed by atoms with van der Waals surface area (Å²) in [5, 5.41) is 21.4. The van der Waals surface area contributed by atoms with Crippen molar-refractivity contribution in [3.63, 3.8) is 0 Å². The average Bonchev–Trinajstić information content (AvgIpc) is 3.32. The lowest BCUT2D eigenvalue weighted by Gasteiger charge is -2.34. The molecule has 0 saturated carbocycles. The molecule has 0 spiro atoms. The van der Waals surface area contributed by atoms with E-state index in [1.165, 1.54) is 0 Å². The molecular weight excluding hydrogens is 514 g/mol. The molecule has 1 amide bonds. The Labute approximate surface area is 232 Å². The molecule has 3 aromatic heterocycles. The van der Waals surface area contributed by atoms with Crippen LogP contribution >= 0.6 is 0 Å². The summed E-state index contributed by atoms with van der Waals surface area (Å²) in [6, 6.07) is 3.52. The highest BCUT2D eigenvalue weighted by Crippen LogP contribution is 2.33. The first-order valence-corrected chi connectivity index (χ1v) is 13.7. The van der Waals surface area contributed by atoms with Gasteiger partial charge in [0.2, 0.25) is 5.95 Å². The number of carbonyl (C=O) groups excluding carboxylic acids is 1. The van der Waals surface area contributed by atoms with Crippen molar-refractivity contribution in [2.45, 2.75) is 77.7 Å². The molecule has 0 aliphatic carbocycles. The molecule has 13 heteroatoms. The number of aromatic nitrogens is 5. The van der Waals surface area contributed by atoms with Crippen LogP contribution in [-0.2, 0) is 9.47 Å². The SMILES string of the molecule is Cc1cnc(N[C@H]2CCCN(C(=O)OC(C)(C)C)C2)nc1-c1nn(C2CCCCO2)c2nc(/C(N)=N/O)ccc12. The fourth-order valence-electron chi connectivity index (χ4n) is 5.02. The van der Waals surface area contributed by atoms with Gasteiger partial charge in [0.05, 0.1) is 5.69 Å². The molecule has 1 unspecified atom stereocenters. The number of fused-ring (bicyclic) bond motifs is 1. The maximum Gasteiger partial charge on any atom is 0.410 e. The summed E-state index contributed by atoms with van der Waals surface area (Å²) in [6.07, 6.45) is 5.72. The Morgan fingerprint density at radius 1 is 1.20 bits per heavy atom. The van der Waals surface area contributed by atoms with E-state index in [4.69, 9.17) is 25.3 Å². The summed E-state index contributed by atoms with van der Waals surface area (Å²) in [5.74, 6) is 0.368. The molecule has 0 aromatic carbocycles. The van der Waals surface area contributed by atoms with E-state index in [2.05, 4.69) is 20.4 Å². The predicted octanol–water partition coefficient (Wildman–Crippen LogP) is 3.80. The highest BCUT2D eigenvalue weighted by molar-refractivity contribution is 5.99. The number of piperidine rings is 1. The minimum Gasteiger partial charge on any atom is -0.444 e. The van der Waals surface area contributed by atoms with E-state index < -0.39 is 5.60 Å². The molecule has 2 aliphatic rings. The maximum absolute atomic E-state index is 12.6. The Hall–Kier alpha value is -4.00. The van der Waals surface area contributed by atoms with Crippen molar-refractivity contribution >= 4 is 28.9 Å². The van der Waals surface area contributed by atoms with Gasteiger partial charge < -0.3 is 30.6 Å². The minimum atomic E-state index is -0.548. The standard InChI is InChI=1S/C27H37N9O4/c1-16-14-29-25(30-17-8-7-12-35(15-17)26(37)40-27(2,3)4)32-21(16)22-18-10-11-19(23(28)34-38)31-24(18)36(33-22)20-9-5-6-13-39-20/h10-11,14,17,20,38H,5-9,12-13,15H2,1-4H3,(H2,28,34)(H,29,30,32)/t17-,20?/m0/s1. The normalized spacial score (nSPS) is 20.5. The van der Waals surface area contributed by atoms with E-state index >= 15 is 0 Å². The van der Waals surface area contributed by atoms with Crippen molar-refractivity contribution in [1.82, 2.24) is 29.6 Å². The van der Waals surface area contributed by atoms with Gasteiger partial charge in [-0.05, 0) is 77.5 Å². The molecule has 13 nitrogen and oxygen atoms in total. The molecule has 5 rings (SSSR count). The zero-order chi connectivity index (χ0) is 28.4. The smallest absolute Gasteiger partial charge is 0.410 e. The van der Waals surface area contributed by atoms with Gasteiger partial charge in [-0.2, -0.15) is 5.10 Å². The first-order valence-electron chi connectivity index (χ1n) is 13.7. The lowest BCUT2D eigenvalue weighted by atomic mass is 10.1. The number of nitrogens with zero attached hydrogens (tertiary/aromatic N) is 7. The maximum atomic E-state index is 12.6. The number of anilines is 1. The number of hydrogen-bond acceptors (Lipinski definition) is 10. The largest absolute Gasteiger partial charge is 0.444 e. The van der Waals surface area contributed by atoms with Crippen LogP contribution in [0.4, 0.5) is 10.7 Å². The number of ether oxygens (including phenoxy) is 2. The van der Waals surface area contributed by atoms with Crippen molar-refractivity contribution < 1.29 is 19.5 Å². The number of rotatable bonds is 5. The molecule has 2 fully saturated rings. The summed E-state index contributed by atoms with van der Waals surface area (Å²) >= 11 is 0. The number of carbonyl (C=O) groups is 1. The van der Waals surface area contributed by atoms with Crippen LogP contribution in [0.2, 0.25) is 0 Å². The number of amidine groups is 1. The fourth-order valence-corrected chi connectivity index (χ4v) is 5.02. The third kappa shape index (κ3) is 5.93. The van der Waals surface area contributed by atoms with Gasteiger partial charge in [0, 0.05) is 37.3 Å². The second-order valence-electron chi connectivity index (χ2n) is 11.3. The monoisotopic (exact) mass is 551 g/mol. The van der Waals surface area contributed by atoms with E-state index in [0.717, 1.165) is 43.1 Å². The number of amides is 1. The number of hydrogen-bond donors (Lipinski definition) is 3. The molecule has 0 radical (unpaired) electrons. The van der Waals surface area contributed by atoms with Crippen LogP contribution in [0.25, 0.3) is 22.4 Å². The lowest BCUT2D eigenvalue weighted by molar-refractivity contribution is -0.0368. The van der Waals surface area contributed by atoms with Gasteiger partial charge in [-0.15, -0.1) is 0 Å². The van der Waals surface area contributed by atoms with Gasteiger partial charge in [-0.1, -0.05) is 5.16 Å². The summed E-state index contributed by atoms with van der Waals surface area (Å²) in [5.41, 5.74) is 8.35. The van der Waals surface area contributed by atoms with Gasteiger partial charge in [0.15, 0.2) is 17.7 Å². The highest BCUT2D eigenvalue weighted by Gasteiger charge is 2.29. The zero-order valence-electron chi connectivity index (χ0n) is 23.4. The van der Waals surface area contributed by atoms with Crippen LogP contribution in [0.1, 0.15) is 70.4 Å². The van der Waals surface area contributed by atoms with Crippen LogP contribution in [0.3, 0.4) is 0 Å². The molecule has 0 bridgehead atoms. The Morgan fingerprint density at radius 3 is 2.75 bits per heavy atom. The quantitative estimate of drug-likeness (QED) is 0.184. The average molecular weight is 552 g/mol. The fraction of sp³-hybridized carbons (Fsp3) is 0.556. The number of aryl methyl sites for hydroxylation is 1. The van der Waals surface area contributed by atoms with Crippen molar-refractivity contribution in [2.75, 3.05) is 25.0 Å². The summed E-state index contributed by atoms with van der Waals surface area (Å²) in [6.45, 7) is 9.32. The second-order valence-corrected chi connectivity index (χ2v) is 11.3. The molecule has 4 N–H and O–H groups in total. The van der Waals surface area contributed by atoms with E-state index in [0.29, 0.717) is 48.4 Å². The van der Waals surface area contributed by atoms with E-state index in [9.17, 15) is 10.0 Å². The van der Waals surface area contributed by atoms with Crippen LogP contribution in [0, 0.1) is 6.92 Å². The summed E-state index contributed by atoms with van der Waals surface area (Å²) in [4.78, 5) is 28.4. The third-order valence-corrected chi connectivity index (χ3v) is 6.96. The van der Waals surface area contributed by atoms with Crippen molar-refractivity contribution in [2.24, 2.45) is 10.9 Å². The van der Waals surface area contributed by atoms with Gasteiger partial charge >= 0.3 is 6.09 Å². The number of nitrogens with one attached hydrogen (secondary N) is 1. The van der Waals surface area contributed by atoms with E-state index in [-0.39, 0.29) is 24.2 Å². The molecule has 5 heterocycles. The molecule has 2 aliphatic heterocycles. The van der Waals surface area contributed by atoms with E-state index in [1.807, 2.05) is 33.8 Å². The predicted molar refractivity (Wildman–Crippen MR) is 149 cm³/mol. The summed E-state index contributed by atoms with van der Waals surface area (Å²) in [7, 11) is 0. The topological polar surface area (TPSA) is 166 Å². The first-order chi connectivity index (χ1) is 19.1. The molecule has 2 saturated heterocycles. The van der Waals surface area contributed by atoms with Crippen molar-refractivity contribution in [1.29, 1.82) is 0 Å². The number of likely N-dealkylation sites (tertiary alicyclic amines) is 1. The highest BCUT2D eigenvalue weighted by atomic mass is 16.6. The second kappa shape index (κ2) is 11.2. The van der Waals surface area contributed by atoms with Gasteiger partial charge in [0.25, 0.3) is 0 Å². The molecule has 214 valence electrons. The summed E-state index contributed by atoms with van der Waals surface area (Å²) < 4.78 is 13.4. The van der Waals surface area contributed by atoms with Crippen LogP contribution in [-0.4, -0.2) is 78.1 Å². The lowest BCUT2D eigenvalue weighted by Crippen LogP contribution is -2.47. The molecule has 40 heavy (non-hydrogen) atoms. The molecular formula is C27H37N9O4. The Morgan fingerprint density at radius 2 is 2.02 bits per heavy atom. The van der Waals surface area contributed by atoms with E-state index in [1.54, 1.807) is 21.8 Å². The van der Waals surface area contributed by atoms with Crippen LogP contribution in [0.15, 0.2) is 23.5 Å². The first kappa shape index (κ1) is 27.6. The van der Waals surface area contributed by atoms with Crippen LogP contribution in [0.5, 0.6) is 0 Å². The van der Waals surface area contributed by atoms with Crippen LogP contribution < -0.4 is 11.1 Å². The van der Waals surface area contributed by atoms with Crippen molar-refractivity contribution in [3.8, 4) is 11.4 Å². The minimum absolute atomic E-state index is 0.0215. The Bertz CT molecular complexity index is 1410. The van der Waals surface area contributed by atoms with Crippen molar-refractivity contribution in [3.05, 3.63) is 29.6 Å². The number of oxime groups is 1. The molecule has 2 atom stereocenters. The number of nitrogens with two attached hydrogens (primary N) is 1.